The highest BCUT2D eigenvalue weighted by Crippen LogP contribution is 2.26. The minimum absolute atomic E-state index is 0.0105. The van der Waals surface area contributed by atoms with Gasteiger partial charge < -0.3 is 30.3 Å². The Labute approximate surface area is 168 Å². The highest BCUT2D eigenvalue weighted by Gasteiger charge is 2.10. The van der Waals surface area contributed by atoms with E-state index in [1.165, 1.54) is 37.5 Å². The molecule has 8 nitrogen and oxygen atoms in total. The van der Waals surface area contributed by atoms with Gasteiger partial charge in [-0.2, -0.15) is 0 Å². The number of carbonyl (C=O) groups is 2. The Balaban J connectivity index is 0.000000426. The Bertz CT molecular complexity index is 850. The predicted octanol–water partition coefficient (Wildman–Crippen LogP) is 2.36. The van der Waals surface area contributed by atoms with Crippen molar-refractivity contribution in [2.75, 3.05) is 38.7 Å². The number of anilines is 1. The summed E-state index contributed by atoms with van der Waals surface area (Å²) in [7, 11) is 1.44. The summed E-state index contributed by atoms with van der Waals surface area (Å²) in [6.45, 7) is 3.83. The molecule has 0 aliphatic carbocycles. The molecule has 2 aromatic rings. The van der Waals surface area contributed by atoms with Gasteiger partial charge in [-0.25, -0.2) is 4.79 Å². The molecule has 0 saturated carbocycles. The average molecular weight is 400 g/mol. The Kier molecular flexibility index (Phi) is 8.68. The minimum Gasteiger partial charge on any atom is -0.504 e. The second-order valence-electron chi connectivity index (χ2n) is 5.97. The van der Waals surface area contributed by atoms with Gasteiger partial charge in [-0.05, 0) is 35.9 Å². The molecule has 0 bridgehead atoms. The summed E-state index contributed by atoms with van der Waals surface area (Å²) in [4.78, 5) is 23.0. The number of rotatable bonds is 5. The van der Waals surface area contributed by atoms with Crippen molar-refractivity contribution in [2.45, 2.75) is 0 Å². The molecule has 0 unspecified atom stereocenters. The second kappa shape index (κ2) is 11.5. The monoisotopic (exact) mass is 400 g/mol. The highest BCUT2D eigenvalue weighted by molar-refractivity contribution is 6.06. The lowest BCUT2D eigenvalue weighted by atomic mass is 10.1. The maximum Gasteiger partial charge on any atom is 0.337 e. The molecule has 0 radical (unpaired) electrons. The number of benzene rings is 2. The number of morpholine rings is 1. The van der Waals surface area contributed by atoms with Crippen molar-refractivity contribution in [3.05, 3.63) is 59.7 Å². The Hall–Kier alpha value is -3.36. The number of hydrogen-bond acceptors (Lipinski definition) is 6. The molecule has 4 N–H and O–H groups in total. The van der Waals surface area contributed by atoms with Crippen LogP contribution in [0.5, 0.6) is 11.5 Å². The average Bonchev–Trinajstić information content (AvgIpc) is 2.74. The first-order valence-electron chi connectivity index (χ1n) is 8.98. The molecule has 1 saturated heterocycles. The quantitative estimate of drug-likeness (QED) is 0.569. The summed E-state index contributed by atoms with van der Waals surface area (Å²) in [5.41, 5.74) is 0.827. The molecule has 154 valence electrons. The van der Waals surface area contributed by atoms with Crippen molar-refractivity contribution in [1.82, 2.24) is 5.32 Å². The third-order valence-corrected chi connectivity index (χ3v) is 3.89. The smallest absolute Gasteiger partial charge is 0.337 e. The molecular weight excluding hydrogens is 376 g/mol. The summed E-state index contributed by atoms with van der Waals surface area (Å²) < 4.78 is 9.94. The van der Waals surface area contributed by atoms with Crippen molar-refractivity contribution >= 4 is 23.6 Å². The molecule has 2 aromatic carbocycles. The van der Waals surface area contributed by atoms with Crippen LogP contribution < -0.4 is 15.4 Å². The van der Waals surface area contributed by atoms with E-state index in [-0.39, 0.29) is 17.0 Å². The van der Waals surface area contributed by atoms with Crippen LogP contribution in [0.25, 0.3) is 6.08 Å². The number of carboxylic acids is 1. The first-order valence-corrected chi connectivity index (χ1v) is 8.98. The van der Waals surface area contributed by atoms with Gasteiger partial charge >= 0.3 is 5.97 Å². The van der Waals surface area contributed by atoms with E-state index in [0.29, 0.717) is 11.3 Å². The number of aromatic hydroxyl groups is 1. The molecule has 1 aliphatic rings. The predicted molar refractivity (Wildman–Crippen MR) is 109 cm³/mol. The molecule has 3 rings (SSSR count). The maximum absolute atomic E-state index is 11.9. The number of phenols is 1. The Morgan fingerprint density at radius 3 is 2.45 bits per heavy atom. The van der Waals surface area contributed by atoms with E-state index in [9.17, 15) is 14.7 Å². The molecule has 1 heterocycles. The number of methoxy groups -OCH3 is 1. The fraction of sp³-hybridized carbons (Fsp3) is 0.238. The van der Waals surface area contributed by atoms with Crippen LogP contribution >= 0.6 is 0 Å². The third kappa shape index (κ3) is 7.28. The third-order valence-electron chi connectivity index (χ3n) is 3.89. The zero-order chi connectivity index (χ0) is 21.1. The van der Waals surface area contributed by atoms with Crippen LogP contribution in [-0.2, 0) is 9.53 Å². The van der Waals surface area contributed by atoms with Gasteiger partial charge in [0.25, 0.3) is 0 Å². The van der Waals surface area contributed by atoms with E-state index in [0.717, 1.165) is 26.3 Å². The number of aromatic carboxylic acids is 1. The SMILES string of the molecule is C1COCCN1.COc1ccc(C=CC(=O)Nc2ccccc2C(=O)O)cc1O. The van der Waals surface area contributed by atoms with Gasteiger partial charge in [-0.3, -0.25) is 4.79 Å². The molecule has 1 fully saturated rings. The van der Waals surface area contributed by atoms with Crippen molar-refractivity contribution in [3.63, 3.8) is 0 Å². The van der Waals surface area contributed by atoms with Crippen LogP contribution in [0.1, 0.15) is 15.9 Å². The van der Waals surface area contributed by atoms with Gasteiger partial charge in [0, 0.05) is 19.2 Å². The number of carbonyl (C=O) groups excluding carboxylic acids is 1. The summed E-state index contributed by atoms with van der Waals surface area (Å²) >= 11 is 0. The van der Waals surface area contributed by atoms with E-state index in [2.05, 4.69) is 10.6 Å². The van der Waals surface area contributed by atoms with Crippen LogP contribution in [0.2, 0.25) is 0 Å². The van der Waals surface area contributed by atoms with E-state index in [4.69, 9.17) is 14.6 Å². The summed E-state index contributed by atoms with van der Waals surface area (Å²) in [5.74, 6) is -1.30. The summed E-state index contributed by atoms with van der Waals surface area (Å²) in [6.07, 6.45) is 2.75. The molecule has 1 amide bonds. The van der Waals surface area contributed by atoms with E-state index >= 15 is 0 Å². The number of carboxylic acid groups (broad SMARTS) is 1. The van der Waals surface area contributed by atoms with Gasteiger partial charge in [0.1, 0.15) is 0 Å². The van der Waals surface area contributed by atoms with Crippen LogP contribution in [-0.4, -0.2) is 55.5 Å². The van der Waals surface area contributed by atoms with Crippen LogP contribution in [0.15, 0.2) is 48.5 Å². The maximum atomic E-state index is 11.9. The zero-order valence-electron chi connectivity index (χ0n) is 16.1. The van der Waals surface area contributed by atoms with Gasteiger partial charge in [0.05, 0.1) is 31.6 Å². The van der Waals surface area contributed by atoms with Crippen LogP contribution in [0.4, 0.5) is 5.69 Å². The highest BCUT2D eigenvalue weighted by atomic mass is 16.5. The molecule has 0 aromatic heterocycles. The van der Waals surface area contributed by atoms with Crippen molar-refractivity contribution in [2.24, 2.45) is 0 Å². The first-order chi connectivity index (χ1) is 14.0. The topological polar surface area (TPSA) is 117 Å². The number of phenolic OH excluding ortho intramolecular Hbond substituents is 1. The fourth-order valence-corrected chi connectivity index (χ4v) is 2.45. The minimum atomic E-state index is -1.12. The number of nitrogens with one attached hydrogen (secondary N) is 2. The first kappa shape index (κ1) is 21.9. The van der Waals surface area contributed by atoms with E-state index in [1.807, 2.05) is 0 Å². The number of hydrogen-bond donors (Lipinski definition) is 4. The number of para-hydroxylation sites is 1. The van der Waals surface area contributed by atoms with Crippen molar-refractivity contribution in [1.29, 1.82) is 0 Å². The standard InChI is InChI=1S/C17H15NO5.C4H9NO/c1-23-15-8-6-11(10-14(15)19)7-9-16(20)18-13-5-3-2-4-12(13)17(21)22;1-3-6-4-2-5-1/h2-10,19H,1H3,(H,18,20)(H,21,22);5H,1-4H2. The fourth-order valence-electron chi connectivity index (χ4n) is 2.45. The normalized spacial score (nSPS) is 13.3. The molecule has 0 spiro atoms. The Morgan fingerprint density at radius 1 is 1.17 bits per heavy atom. The van der Waals surface area contributed by atoms with Gasteiger partial charge in [0.2, 0.25) is 5.91 Å². The molecule has 29 heavy (non-hydrogen) atoms. The lowest BCUT2D eigenvalue weighted by Gasteiger charge is -2.10. The lowest BCUT2D eigenvalue weighted by molar-refractivity contribution is -0.111. The molecule has 0 atom stereocenters. The molecule has 8 heteroatoms. The summed E-state index contributed by atoms with van der Waals surface area (Å²) in [6, 6.07) is 10.8. The van der Waals surface area contributed by atoms with Crippen LogP contribution in [0.3, 0.4) is 0 Å². The number of amides is 1. The number of ether oxygens (including phenoxy) is 2. The van der Waals surface area contributed by atoms with E-state index in [1.54, 1.807) is 24.3 Å². The lowest BCUT2D eigenvalue weighted by Crippen LogP contribution is -2.30. The van der Waals surface area contributed by atoms with Crippen molar-refractivity contribution in [3.8, 4) is 11.5 Å². The Morgan fingerprint density at radius 2 is 1.90 bits per heavy atom. The van der Waals surface area contributed by atoms with Crippen molar-refractivity contribution < 1.29 is 29.3 Å². The molecular formula is C21H24N2O6. The largest absolute Gasteiger partial charge is 0.504 e. The zero-order valence-corrected chi connectivity index (χ0v) is 16.1. The second-order valence-corrected chi connectivity index (χ2v) is 5.97. The van der Waals surface area contributed by atoms with E-state index < -0.39 is 11.9 Å². The van der Waals surface area contributed by atoms with Crippen LogP contribution in [0, 0.1) is 0 Å². The van der Waals surface area contributed by atoms with Gasteiger partial charge in [-0.15, -0.1) is 0 Å². The molecule has 1 aliphatic heterocycles. The summed E-state index contributed by atoms with van der Waals surface area (Å²) in [5, 5.41) is 24.4. The van der Waals surface area contributed by atoms with Gasteiger partial charge in [-0.1, -0.05) is 18.2 Å². The van der Waals surface area contributed by atoms with Gasteiger partial charge in [0.15, 0.2) is 11.5 Å².